The van der Waals surface area contributed by atoms with Gasteiger partial charge in [-0.2, -0.15) is 0 Å². The van der Waals surface area contributed by atoms with Gasteiger partial charge in [0.1, 0.15) is 0 Å². The van der Waals surface area contributed by atoms with E-state index in [1.165, 1.54) is 0 Å². The molecule has 0 radical (unpaired) electrons. The first-order valence-electron chi connectivity index (χ1n) is 3.42. The molecule has 0 saturated heterocycles. The maximum Gasteiger partial charge on any atom is 0.347 e. The molecule has 0 N–H and O–H groups in total. The van der Waals surface area contributed by atoms with Crippen LogP contribution in [0.1, 0.15) is 12.1 Å². The average molecular weight is 136 g/mol. The number of aromatic nitrogens is 2. The first kappa shape index (κ1) is 5.65. The Morgan fingerprint density at radius 1 is 1.60 bits per heavy atom. The molecule has 0 aromatic carbocycles. The smallest absolute Gasteiger partial charge is 0.296 e. The Morgan fingerprint density at radius 3 is 3.30 bits per heavy atom. The highest BCUT2D eigenvalue weighted by Gasteiger charge is 2.09. The minimum Gasteiger partial charge on any atom is -0.296 e. The maximum absolute atomic E-state index is 11.0. The molecule has 1 aromatic rings. The third-order valence-electron chi connectivity index (χ3n) is 1.84. The summed E-state index contributed by atoms with van der Waals surface area (Å²) in [7, 11) is 0. The topological polar surface area (TPSA) is 34.9 Å². The lowest BCUT2D eigenvalue weighted by molar-refractivity contribution is 0.697. The molecule has 2 heterocycles. The molecule has 0 aliphatic carbocycles. The minimum atomic E-state index is -0.102. The van der Waals surface area contributed by atoms with Crippen molar-refractivity contribution in [2.45, 2.75) is 19.4 Å². The third-order valence-corrected chi connectivity index (χ3v) is 1.84. The summed E-state index contributed by atoms with van der Waals surface area (Å²) >= 11 is 0. The average Bonchev–Trinajstić information content (AvgIpc) is 2.36. The summed E-state index contributed by atoms with van der Waals surface area (Å²) in [5, 5.41) is 0. The Labute approximate surface area is 58.3 Å². The molecule has 1 aliphatic heterocycles. The predicted octanol–water partition coefficient (Wildman–Crippen LogP) is 0.190. The summed E-state index contributed by atoms with van der Waals surface area (Å²) in [6, 6.07) is 1.91. The highest BCUT2D eigenvalue weighted by Crippen LogP contribution is 2.08. The van der Waals surface area contributed by atoms with Crippen LogP contribution in [0.5, 0.6) is 0 Å². The fourth-order valence-corrected chi connectivity index (χ4v) is 1.35. The van der Waals surface area contributed by atoms with E-state index in [1.807, 2.05) is 6.07 Å². The SMILES string of the molecule is O=c1nccc2n1CCC2. The fraction of sp³-hybridized carbons (Fsp3) is 0.429. The van der Waals surface area contributed by atoms with Gasteiger partial charge >= 0.3 is 5.69 Å². The van der Waals surface area contributed by atoms with E-state index in [4.69, 9.17) is 0 Å². The van der Waals surface area contributed by atoms with Crippen LogP contribution in [0, 0.1) is 0 Å². The normalized spacial score (nSPS) is 15.2. The van der Waals surface area contributed by atoms with Crippen LogP contribution in [0.2, 0.25) is 0 Å². The molecule has 1 aliphatic rings. The molecule has 0 unspecified atom stereocenters. The lowest BCUT2D eigenvalue weighted by Gasteiger charge is -1.97. The van der Waals surface area contributed by atoms with Crippen LogP contribution >= 0.6 is 0 Å². The van der Waals surface area contributed by atoms with Gasteiger partial charge in [-0.15, -0.1) is 0 Å². The van der Waals surface area contributed by atoms with Crippen molar-refractivity contribution in [2.75, 3.05) is 0 Å². The minimum absolute atomic E-state index is 0.102. The standard InChI is InChI=1S/C7H8N2O/c10-7-8-4-3-6-2-1-5-9(6)7/h3-4H,1-2,5H2. The number of rotatable bonds is 0. The quantitative estimate of drug-likeness (QED) is 0.510. The van der Waals surface area contributed by atoms with E-state index in [0.717, 1.165) is 25.1 Å². The molecule has 2 rings (SSSR count). The van der Waals surface area contributed by atoms with Crippen LogP contribution in [0.25, 0.3) is 0 Å². The Hall–Kier alpha value is -1.12. The highest BCUT2D eigenvalue weighted by atomic mass is 16.1. The van der Waals surface area contributed by atoms with Crippen molar-refractivity contribution in [3.63, 3.8) is 0 Å². The molecule has 10 heavy (non-hydrogen) atoms. The second kappa shape index (κ2) is 1.94. The Morgan fingerprint density at radius 2 is 2.50 bits per heavy atom. The largest absolute Gasteiger partial charge is 0.347 e. The first-order chi connectivity index (χ1) is 4.88. The summed E-state index contributed by atoms with van der Waals surface area (Å²) < 4.78 is 1.74. The lowest BCUT2D eigenvalue weighted by atomic mass is 10.3. The molecule has 0 saturated carbocycles. The molecule has 0 fully saturated rings. The summed E-state index contributed by atoms with van der Waals surface area (Å²) in [4.78, 5) is 14.6. The van der Waals surface area contributed by atoms with Gasteiger partial charge in [0.2, 0.25) is 0 Å². The van der Waals surface area contributed by atoms with Gasteiger partial charge < -0.3 is 0 Å². The molecule has 3 heteroatoms. The van der Waals surface area contributed by atoms with Crippen molar-refractivity contribution >= 4 is 0 Å². The molecular formula is C7H8N2O. The van der Waals surface area contributed by atoms with Crippen LogP contribution in [0.15, 0.2) is 17.1 Å². The summed E-state index contributed by atoms with van der Waals surface area (Å²) in [6.07, 6.45) is 3.69. The van der Waals surface area contributed by atoms with E-state index in [9.17, 15) is 4.79 Å². The Balaban J connectivity index is 2.70. The van der Waals surface area contributed by atoms with Gasteiger partial charge in [0.15, 0.2) is 0 Å². The molecule has 0 atom stereocenters. The molecule has 0 amide bonds. The number of hydrogen-bond acceptors (Lipinski definition) is 2. The van der Waals surface area contributed by atoms with Gasteiger partial charge in [0.05, 0.1) is 0 Å². The fourth-order valence-electron chi connectivity index (χ4n) is 1.35. The van der Waals surface area contributed by atoms with E-state index in [-0.39, 0.29) is 5.69 Å². The van der Waals surface area contributed by atoms with Gasteiger partial charge in [0.25, 0.3) is 0 Å². The van der Waals surface area contributed by atoms with E-state index < -0.39 is 0 Å². The predicted molar refractivity (Wildman–Crippen MR) is 36.8 cm³/mol. The van der Waals surface area contributed by atoms with Crippen molar-refractivity contribution in [2.24, 2.45) is 0 Å². The molecule has 0 bridgehead atoms. The zero-order valence-electron chi connectivity index (χ0n) is 5.58. The van der Waals surface area contributed by atoms with E-state index in [2.05, 4.69) is 4.98 Å². The van der Waals surface area contributed by atoms with E-state index in [0.29, 0.717) is 0 Å². The number of hydrogen-bond donors (Lipinski definition) is 0. The van der Waals surface area contributed by atoms with E-state index in [1.54, 1.807) is 10.8 Å². The van der Waals surface area contributed by atoms with Crippen molar-refractivity contribution in [3.8, 4) is 0 Å². The van der Waals surface area contributed by atoms with Gasteiger partial charge in [-0.25, -0.2) is 9.78 Å². The molecular weight excluding hydrogens is 128 g/mol. The maximum atomic E-state index is 11.0. The first-order valence-corrected chi connectivity index (χ1v) is 3.42. The van der Waals surface area contributed by atoms with Crippen LogP contribution < -0.4 is 5.69 Å². The molecule has 1 aromatic heterocycles. The Kier molecular flexibility index (Phi) is 1.09. The van der Waals surface area contributed by atoms with Gasteiger partial charge in [0, 0.05) is 18.4 Å². The van der Waals surface area contributed by atoms with Gasteiger partial charge in [-0.05, 0) is 18.9 Å². The van der Waals surface area contributed by atoms with Crippen LogP contribution in [0.3, 0.4) is 0 Å². The summed E-state index contributed by atoms with van der Waals surface area (Å²) in [5.74, 6) is 0. The van der Waals surface area contributed by atoms with Crippen molar-refractivity contribution in [3.05, 3.63) is 28.4 Å². The zero-order valence-corrected chi connectivity index (χ0v) is 5.58. The van der Waals surface area contributed by atoms with Crippen LogP contribution in [-0.2, 0) is 13.0 Å². The van der Waals surface area contributed by atoms with Crippen molar-refractivity contribution in [1.29, 1.82) is 0 Å². The lowest BCUT2D eigenvalue weighted by Crippen LogP contribution is -2.21. The van der Waals surface area contributed by atoms with Crippen LogP contribution in [0.4, 0.5) is 0 Å². The third kappa shape index (κ3) is 0.667. The zero-order chi connectivity index (χ0) is 6.97. The van der Waals surface area contributed by atoms with Gasteiger partial charge in [-0.1, -0.05) is 0 Å². The number of aryl methyl sites for hydroxylation is 1. The van der Waals surface area contributed by atoms with E-state index >= 15 is 0 Å². The number of nitrogens with zero attached hydrogens (tertiary/aromatic N) is 2. The van der Waals surface area contributed by atoms with Crippen molar-refractivity contribution in [1.82, 2.24) is 9.55 Å². The second-order valence-electron chi connectivity index (χ2n) is 2.47. The highest BCUT2D eigenvalue weighted by molar-refractivity contribution is 5.04. The van der Waals surface area contributed by atoms with Crippen molar-refractivity contribution < 1.29 is 0 Å². The summed E-state index contributed by atoms with van der Waals surface area (Å²) in [5.41, 5.74) is 1.02. The molecule has 0 spiro atoms. The summed E-state index contributed by atoms with van der Waals surface area (Å²) in [6.45, 7) is 0.849. The second-order valence-corrected chi connectivity index (χ2v) is 2.47. The van der Waals surface area contributed by atoms with Crippen LogP contribution in [-0.4, -0.2) is 9.55 Å². The number of fused-ring (bicyclic) bond motifs is 1. The Bertz CT molecular complexity index is 303. The molecule has 52 valence electrons. The molecule has 3 nitrogen and oxygen atoms in total. The van der Waals surface area contributed by atoms with Gasteiger partial charge in [-0.3, -0.25) is 4.57 Å². The monoisotopic (exact) mass is 136 g/mol.